The van der Waals surface area contributed by atoms with E-state index in [4.69, 9.17) is 10.5 Å². The van der Waals surface area contributed by atoms with Crippen LogP contribution in [0.1, 0.15) is 27.2 Å². The van der Waals surface area contributed by atoms with Gasteiger partial charge in [-0.15, -0.1) is 0 Å². The van der Waals surface area contributed by atoms with Crippen molar-refractivity contribution in [3.05, 3.63) is 22.7 Å². The van der Waals surface area contributed by atoms with Gasteiger partial charge in [0, 0.05) is 30.3 Å². The van der Waals surface area contributed by atoms with Crippen molar-refractivity contribution >= 4 is 33.4 Å². The Labute approximate surface area is 140 Å². The van der Waals surface area contributed by atoms with E-state index in [-0.39, 0.29) is 12.1 Å². The van der Waals surface area contributed by atoms with E-state index in [0.717, 1.165) is 35.4 Å². The summed E-state index contributed by atoms with van der Waals surface area (Å²) >= 11 is 3.56. The average Bonchev–Trinajstić information content (AvgIpc) is 2.85. The summed E-state index contributed by atoms with van der Waals surface area (Å²) in [4.78, 5) is 16.1. The number of nitrogen functional groups attached to an aromatic ring is 1. The molecule has 0 radical (unpaired) electrons. The standard InChI is InChI=1S/C16H24BrN3O2/c1-16(2,3)22-15(21)19(4)12-7-8-20(10-12)14-6-5-11(18)9-13(14)17/h5-6,9,12H,7-8,10,18H2,1-4H3. The second-order valence-corrected chi connectivity index (χ2v) is 7.54. The van der Waals surface area contributed by atoms with Crippen LogP contribution < -0.4 is 10.6 Å². The van der Waals surface area contributed by atoms with Crippen molar-refractivity contribution in [3.63, 3.8) is 0 Å². The second kappa shape index (κ2) is 6.36. The summed E-state index contributed by atoms with van der Waals surface area (Å²) in [5.41, 5.74) is 7.15. The fourth-order valence-electron chi connectivity index (χ4n) is 2.54. The maximum absolute atomic E-state index is 12.2. The largest absolute Gasteiger partial charge is 0.444 e. The number of hydrogen-bond donors (Lipinski definition) is 1. The zero-order chi connectivity index (χ0) is 16.5. The molecule has 0 saturated carbocycles. The Morgan fingerprint density at radius 1 is 1.45 bits per heavy atom. The number of nitrogens with two attached hydrogens (primary N) is 1. The number of rotatable bonds is 2. The number of carbonyl (C=O) groups is 1. The molecular weight excluding hydrogens is 346 g/mol. The summed E-state index contributed by atoms with van der Waals surface area (Å²) in [6.45, 7) is 7.33. The molecule has 2 N–H and O–H groups in total. The summed E-state index contributed by atoms with van der Waals surface area (Å²) < 4.78 is 6.41. The third-order valence-electron chi connectivity index (χ3n) is 3.71. The number of anilines is 2. The average molecular weight is 370 g/mol. The topological polar surface area (TPSA) is 58.8 Å². The molecule has 0 aromatic heterocycles. The predicted molar refractivity (Wildman–Crippen MR) is 93.2 cm³/mol. The van der Waals surface area contributed by atoms with Crippen LogP contribution in [0, 0.1) is 0 Å². The maximum atomic E-state index is 12.2. The molecule has 1 aromatic carbocycles. The Hall–Kier alpha value is -1.43. The molecule has 1 saturated heterocycles. The van der Waals surface area contributed by atoms with Gasteiger partial charge in [-0.3, -0.25) is 0 Å². The molecular formula is C16H24BrN3O2. The van der Waals surface area contributed by atoms with Crippen LogP contribution in [0.15, 0.2) is 22.7 Å². The third-order valence-corrected chi connectivity index (χ3v) is 4.34. The minimum absolute atomic E-state index is 0.152. The molecule has 6 heteroatoms. The van der Waals surface area contributed by atoms with Crippen molar-refractivity contribution in [1.82, 2.24) is 4.90 Å². The molecule has 5 nitrogen and oxygen atoms in total. The number of nitrogens with zero attached hydrogens (tertiary/aromatic N) is 2. The highest BCUT2D eigenvalue weighted by Crippen LogP contribution is 2.31. The SMILES string of the molecule is CN(C(=O)OC(C)(C)C)C1CCN(c2ccc(N)cc2Br)C1. The fraction of sp³-hybridized carbons (Fsp3) is 0.562. The number of ether oxygens (including phenoxy) is 1. The molecule has 1 atom stereocenters. The van der Waals surface area contributed by atoms with Crippen LogP contribution in [0.5, 0.6) is 0 Å². The first kappa shape index (κ1) is 16.9. The van der Waals surface area contributed by atoms with Gasteiger partial charge in [0.25, 0.3) is 0 Å². The highest BCUT2D eigenvalue weighted by Gasteiger charge is 2.31. The van der Waals surface area contributed by atoms with E-state index in [1.807, 2.05) is 39.0 Å². The number of benzene rings is 1. The van der Waals surface area contributed by atoms with Gasteiger partial charge >= 0.3 is 6.09 Å². The van der Waals surface area contributed by atoms with Gasteiger partial charge in [-0.1, -0.05) is 0 Å². The van der Waals surface area contributed by atoms with Gasteiger partial charge in [-0.05, 0) is 61.3 Å². The smallest absolute Gasteiger partial charge is 0.410 e. The Bertz CT molecular complexity index is 557. The van der Waals surface area contributed by atoms with Crippen molar-refractivity contribution in [1.29, 1.82) is 0 Å². The molecule has 1 unspecified atom stereocenters. The molecule has 1 amide bonds. The molecule has 1 fully saturated rings. The lowest BCUT2D eigenvalue weighted by molar-refractivity contribution is 0.0238. The number of likely N-dealkylation sites (N-methyl/N-ethyl adjacent to an activating group) is 1. The molecule has 122 valence electrons. The first-order valence-corrected chi connectivity index (χ1v) is 8.22. The third kappa shape index (κ3) is 4.06. The normalized spacial score (nSPS) is 18.4. The maximum Gasteiger partial charge on any atom is 0.410 e. The first-order chi connectivity index (χ1) is 10.2. The zero-order valence-electron chi connectivity index (χ0n) is 13.6. The van der Waals surface area contributed by atoms with Crippen molar-refractivity contribution in [2.24, 2.45) is 0 Å². The van der Waals surface area contributed by atoms with E-state index in [1.165, 1.54) is 0 Å². The van der Waals surface area contributed by atoms with E-state index < -0.39 is 5.60 Å². The Morgan fingerprint density at radius 3 is 2.73 bits per heavy atom. The monoisotopic (exact) mass is 369 g/mol. The quantitative estimate of drug-likeness (QED) is 0.810. The van der Waals surface area contributed by atoms with Crippen molar-refractivity contribution in [3.8, 4) is 0 Å². The summed E-state index contributed by atoms with van der Waals surface area (Å²) in [6.07, 6.45) is 0.655. The van der Waals surface area contributed by atoms with Crippen LogP contribution in [0.4, 0.5) is 16.2 Å². The van der Waals surface area contributed by atoms with Crippen molar-refractivity contribution < 1.29 is 9.53 Å². The van der Waals surface area contributed by atoms with Crippen LogP contribution in [-0.2, 0) is 4.74 Å². The van der Waals surface area contributed by atoms with Gasteiger partial charge < -0.3 is 20.3 Å². The fourth-order valence-corrected chi connectivity index (χ4v) is 3.19. The lowest BCUT2D eigenvalue weighted by Gasteiger charge is -2.29. The van der Waals surface area contributed by atoms with Gasteiger partial charge in [-0.25, -0.2) is 4.79 Å². The summed E-state index contributed by atoms with van der Waals surface area (Å²) in [5, 5.41) is 0. The summed E-state index contributed by atoms with van der Waals surface area (Å²) in [5.74, 6) is 0. The van der Waals surface area contributed by atoms with Crippen LogP contribution in [0.3, 0.4) is 0 Å². The van der Waals surface area contributed by atoms with Crippen LogP contribution >= 0.6 is 15.9 Å². The van der Waals surface area contributed by atoms with Gasteiger partial charge in [0.1, 0.15) is 5.60 Å². The molecule has 0 bridgehead atoms. The van der Waals surface area contributed by atoms with Crippen LogP contribution in [0.25, 0.3) is 0 Å². The Balaban J connectivity index is 2.01. The second-order valence-electron chi connectivity index (χ2n) is 6.69. The van der Waals surface area contributed by atoms with E-state index in [9.17, 15) is 4.79 Å². The van der Waals surface area contributed by atoms with Gasteiger partial charge in [-0.2, -0.15) is 0 Å². The highest BCUT2D eigenvalue weighted by atomic mass is 79.9. The molecule has 0 spiro atoms. The molecule has 1 aliphatic heterocycles. The highest BCUT2D eigenvalue weighted by molar-refractivity contribution is 9.10. The van der Waals surface area contributed by atoms with Crippen molar-refractivity contribution in [2.75, 3.05) is 30.8 Å². The van der Waals surface area contributed by atoms with Crippen LogP contribution in [0.2, 0.25) is 0 Å². The lowest BCUT2D eigenvalue weighted by Crippen LogP contribution is -2.42. The minimum atomic E-state index is -0.469. The van der Waals surface area contributed by atoms with Crippen LogP contribution in [-0.4, -0.2) is 42.8 Å². The van der Waals surface area contributed by atoms with E-state index >= 15 is 0 Å². The molecule has 0 aliphatic carbocycles. The van der Waals surface area contributed by atoms with Gasteiger partial charge in [0.2, 0.25) is 0 Å². The van der Waals surface area contributed by atoms with Gasteiger partial charge in [0.05, 0.1) is 11.7 Å². The summed E-state index contributed by atoms with van der Waals surface area (Å²) in [6, 6.07) is 5.96. The number of amides is 1. The molecule has 2 rings (SSSR count). The summed E-state index contributed by atoms with van der Waals surface area (Å²) in [7, 11) is 1.81. The van der Waals surface area contributed by atoms with Gasteiger partial charge in [0.15, 0.2) is 0 Å². The molecule has 1 aliphatic rings. The number of hydrogen-bond acceptors (Lipinski definition) is 4. The lowest BCUT2D eigenvalue weighted by atomic mass is 10.2. The zero-order valence-corrected chi connectivity index (χ0v) is 15.2. The molecule has 22 heavy (non-hydrogen) atoms. The van der Waals surface area contributed by atoms with E-state index in [0.29, 0.717) is 0 Å². The number of halogens is 1. The predicted octanol–water partition coefficient (Wildman–Crippen LogP) is 3.48. The molecule has 1 aromatic rings. The number of carbonyl (C=O) groups excluding carboxylic acids is 1. The van der Waals surface area contributed by atoms with Crippen molar-refractivity contribution in [2.45, 2.75) is 38.8 Å². The van der Waals surface area contributed by atoms with E-state index in [1.54, 1.807) is 11.9 Å². The molecule has 1 heterocycles. The van der Waals surface area contributed by atoms with E-state index in [2.05, 4.69) is 20.8 Å². The minimum Gasteiger partial charge on any atom is -0.444 e. The Morgan fingerprint density at radius 2 is 2.14 bits per heavy atom. The first-order valence-electron chi connectivity index (χ1n) is 7.43. The Kier molecular flexibility index (Phi) is 4.90.